The molecule has 2 aromatic carbocycles. The van der Waals surface area contributed by atoms with Gasteiger partial charge < -0.3 is 0 Å². The van der Waals surface area contributed by atoms with E-state index in [4.69, 9.17) is 12.2 Å². The summed E-state index contributed by atoms with van der Waals surface area (Å²) in [5, 5.41) is 0. The van der Waals surface area contributed by atoms with Gasteiger partial charge in [-0.1, -0.05) is 0 Å². The first-order valence-corrected chi connectivity index (χ1v) is 7.19. The molecule has 0 atom stereocenters. The summed E-state index contributed by atoms with van der Waals surface area (Å²) in [6.45, 7) is 0. The Morgan fingerprint density at radius 3 is 2.06 bits per heavy atom. The van der Waals surface area contributed by atoms with Gasteiger partial charge in [0.2, 0.25) is 0 Å². The molecule has 2 aromatic rings. The van der Waals surface area contributed by atoms with Crippen LogP contribution in [0.4, 0.5) is 5.69 Å². The van der Waals surface area contributed by atoms with Gasteiger partial charge >= 0.3 is 123 Å². The summed E-state index contributed by atoms with van der Waals surface area (Å²) in [4.78, 5) is 1.17. The number of thiocarbonyl (C=S) groups is 1. The van der Waals surface area contributed by atoms with Crippen LogP contribution in [0.2, 0.25) is 0 Å². The Morgan fingerprint density at radius 1 is 0.941 bits per heavy atom. The third-order valence-electron chi connectivity index (χ3n) is 2.10. The van der Waals surface area contributed by atoms with E-state index in [9.17, 15) is 0 Å². The third-order valence-corrected chi connectivity index (χ3v) is 4.99. The van der Waals surface area contributed by atoms with Gasteiger partial charge in [0.05, 0.1) is 0 Å². The molecular weight excluding hydrogens is 330 g/mol. The molecule has 0 heterocycles. The van der Waals surface area contributed by atoms with E-state index in [1.165, 1.54) is 4.90 Å². The molecule has 1 nitrogen and oxygen atoms in total. The van der Waals surface area contributed by atoms with Crippen LogP contribution in [0.15, 0.2) is 65.6 Å². The van der Waals surface area contributed by atoms with Crippen molar-refractivity contribution in [3.05, 3.63) is 60.7 Å². The van der Waals surface area contributed by atoms with Crippen molar-refractivity contribution >= 4 is 34.0 Å². The molecule has 0 aliphatic rings. The van der Waals surface area contributed by atoms with Crippen molar-refractivity contribution in [1.82, 2.24) is 0 Å². The molecule has 0 amide bonds. The van der Waals surface area contributed by atoms with E-state index >= 15 is 0 Å². The van der Waals surface area contributed by atoms with Gasteiger partial charge in [0.25, 0.3) is 0 Å². The molecule has 0 aliphatic carbocycles. The summed E-state index contributed by atoms with van der Waals surface area (Å²) in [6, 6.07) is 20.3. The molecule has 2 rings (SSSR count). The number of rotatable bonds is 2. The Balaban J connectivity index is 2.06. The summed E-state index contributed by atoms with van der Waals surface area (Å²) in [7, 11) is 0. The van der Waals surface area contributed by atoms with Crippen LogP contribution in [0.5, 0.6) is 0 Å². The minimum absolute atomic E-state index is 0.854. The summed E-state index contributed by atoms with van der Waals surface area (Å²) in [5.41, 5.74) is 1.12. The third kappa shape index (κ3) is 3.67. The van der Waals surface area contributed by atoms with Crippen molar-refractivity contribution in [3.63, 3.8) is 0 Å². The van der Waals surface area contributed by atoms with Crippen molar-refractivity contribution in [1.29, 1.82) is 0 Å². The van der Waals surface area contributed by atoms with Gasteiger partial charge in [-0.25, -0.2) is 0 Å². The predicted octanol–water partition coefficient (Wildman–Crippen LogP) is 4.03. The van der Waals surface area contributed by atoms with E-state index in [1.54, 1.807) is 11.8 Å². The van der Waals surface area contributed by atoms with E-state index in [1.807, 2.05) is 59.9 Å². The normalized spacial score (nSPS) is 9.88. The monoisotopic (exact) mass is 342 g/mol. The van der Waals surface area contributed by atoms with E-state index < -0.39 is 0 Å². The van der Waals surface area contributed by atoms with E-state index in [2.05, 4.69) is 24.3 Å². The predicted molar refractivity (Wildman–Crippen MR) is 73.8 cm³/mol. The number of nitrogens with zero attached hydrogens (tertiary/aromatic N) is 1. The zero-order chi connectivity index (χ0) is 12.1. The van der Waals surface area contributed by atoms with Crippen molar-refractivity contribution in [2.75, 3.05) is 3.46 Å². The van der Waals surface area contributed by atoms with E-state index in [-0.39, 0.29) is 0 Å². The average Bonchev–Trinajstić information content (AvgIpc) is 2.40. The Morgan fingerprint density at radius 2 is 1.47 bits per heavy atom. The van der Waals surface area contributed by atoms with Gasteiger partial charge in [0, 0.05) is 0 Å². The average molecular weight is 340 g/mol. The van der Waals surface area contributed by atoms with Gasteiger partial charge in [-0.2, -0.15) is 0 Å². The number of hydrogen-bond donors (Lipinski definition) is 0. The SMILES string of the molecule is S=C(Sc1ccccc1)[N]([Mo])c1ccccc1. The first-order chi connectivity index (χ1) is 8.27. The molecule has 0 aromatic heterocycles. The minimum atomic E-state index is 0.854. The Hall–Kier alpha value is -0.632. The molecule has 0 spiro atoms. The van der Waals surface area contributed by atoms with Crippen molar-refractivity contribution in [3.8, 4) is 0 Å². The molecule has 0 unspecified atom stereocenters. The van der Waals surface area contributed by atoms with Crippen LogP contribution in [-0.2, 0) is 20.1 Å². The summed E-state index contributed by atoms with van der Waals surface area (Å²) in [6.07, 6.45) is 0. The van der Waals surface area contributed by atoms with Gasteiger partial charge in [-0.05, 0) is 0 Å². The summed E-state index contributed by atoms with van der Waals surface area (Å²) < 4.78 is 2.88. The van der Waals surface area contributed by atoms with Crippen molar-refractivity contribution in [2.24, 2.45) is 0 Å². The van der Waals surface area contributed by atoms with Crippen LogP contribution in [-0.4, -0.2) is 4.32 Å². The number of hydrogen-bond acceptors (Lipinski definition) is 2. The second kappa shape index (κ2) is 6.34. The Kier molecular flexibility index (Phi) is 4.78. The number of anilines is 1. The fourth-order valence-electron chi connectivity index (χ4n) is 1.30. The number of benzene rings is 2. The van der Waals surface area contributed by atoms with Crippen LogP contribution in [0.1, 0.15) is 0 Å². The van der Waals surface area contributed by atoms with Gasteiger partial charge in [0.1, 0.15) is 0 Å². The van der Waals surface area contributed by atoms with Crippen molar-refractivity contribution < 1.29 is 20.1 Å². The number of thioether (sulfide) groups is 1. The molecule has 0 bridgehead atoms. The van der Waals surface area contributed by atoms with Gasteiger partial charge in [-0.15, -0.1) is 0 Å². The molecule has 0 fully saturated rings. The number of para-hydroxylation sites is 1. The molecule has 0 saturated heterocycles. The van der Waals surface area contributed by atoms with Crippen molar-refractivity contribution in [2.45, 2.75) is 4.90 Å². The molecule has 0 saturated carbocycles. The van der Waals surface area contributed by atoms with E-state index in [0.29, 0.717) is 0 Å². The molecule has 17 heavy (non-hydrogen) atoms. The maximum atomic E-state index is 5.43. The zero-order valence-corrected chi connectivity index (χ0v) is 12.6. The first-order valence-electron chi connectivity index (χ1n) is 5.06. The molecule has 4 heteroatoms. The molecule has 0 radical (unpaired) electrons. The van der Waals surface area contributed by atoms with Gasteiger partial charge in [0.15, 0.2) is 0 Å². The zero-order valence-electron chi connectivity index (χ0n) is 8.95. The van der Waals surface area contributed by atoms with Crippen LogP contribution in [0.3, 0.4) is 0 Å². The Labute approximate surface area is 122 Å². The molecular formula is C13H10MoNS2. The van der Waals surface area contributed by atoms with Crippen LogP contribution in [0.25, 0.3) is 0 Å². The standard InChI is InChI=1S/C13H11NS2.Mo/c15-13(14-11-7-3-1-4-8-11)16-12-9-5-2-6-10-12;/h1-10H,(H,14,15);/q;+1/p-1. The topological polar surface area (TPSA) is 3.24 Å². The Bertz CT molecular complexity index is 487. The molecule has 0 N–H and O–H groups in total. The molecule has 85 valence electrons. The quantitative estimate of drug-likeness (QED) is 0.462. The summed E-state index contributed by atoms with van der Waals surface area (Å²) >= 11 is 8.95. The van der Waals surface area contributed by atoms with Crippen LogP contribution >= 0.6 is 24.0 Å². The van der Waals surface area contributed by atoms with E-state index in [0.717, 1.165) is 10.0 Å². The fraction of sp³-hybridized carbons (Fsp3) is 0. The molecule has 0 aliphatic heterocycles. The van der Waals surface area contributed by atoms with Crippen LogP contribution in [0, 0.1) is 0 Å². The maximum absolute atomic E-state index is 5.43. The second-order valence-electron chi connectivity index (χ2n) is 3.31. The fourth-order valence-corrected chi connectivity index (χ4v) is 2.95. The first kappa shape index (κ1) is 12.8. The van der Waals surface area contributed by atoms with Gasteiger partial charge in [-0.3, -0.25) is 0 Å². The second-order valence-corrected chi connectivity index (χ2v) is 5.92. The summed E-state index contributed by atoms with van der Waals surface area (Å²) in [5.74, 6) is 0. The van der Waals surface area contributed by atoms with Crippen LogP contribution < -0.4 is 3.46 Å².